The number of hydrazine groups is 1. The quantitative estimate of drug-likeness (QED) is 0.613. The number of hydrogen-bond acceptors (Lipinski definition) is 3. The Balaban J connectivity index is 2.78. The van der Waals surface area contributed by atoms with Gasteiger partial charge in [0.2, 0.25) is 0 Å². The van der Waals surface area contributed by atoms with Crippen molar-refractivity contribution < 1.29 is 0 Å². The first-order chi connectivity index (χ1) is 7.08. The van der Waals surface area contributed by atoms with Gasteiger partial charge in [-0.05, 0) is 55.8 Å². The summed E-state index contributed by atoms with van der Waals surface area (Å²) in [7, 11) is 0. The van der Waals surface area contributed by atoms with Gasteiger partial charge in [-0.15, -0.1) is 11.3 Å². The van der Waals surface area contributed by atoms with E-state index in [-0.39, 0.29) is 6.04 Å². The van der Waals surface area contributed by atoms with E-state index in [0.717, 1.165) is 14.0 Å². The van der Waals surface area contributed by atoms with Crippen LogP contribution < -0.4 is 11.3 Å². The predicted molar refractivity (Wildman–Crippen MR) is 73.9 cm³/mol. The molecule has 1 rings (SSSR count). The average molecular weight is 356 g/mol. The van der Waals surface area contributed by atoms with E-state index in [9.17, 15) is 0 Å². The monoisotopic (exact) mass is 354 g/mol. The molecule has 86 valence electrons. The van der Waals surface area contributed by atoms with E-state index in [1.807, 2.05) is 0 Å². The smallest absolute Gasteiger partial charge is 0.0758 e. The predicted octanol–water partition coefficient (Wildman–Crippen LogP) is 4.21. The normalized spacial score (nSPS) is 15.3. The van der Waals surface area contributed by atoms with Gasteiger partial charge in [0, 0.05) is 6.04 Å². The summed E-state index contributed by atoms with van der Waals surface area (Å²) in [6, 6.07) is 2.36. The lowest BCUT2D eigenvalue weighted by Gasteiger charge is -2.19. The van der Waals surface area contributed by atoms with Crippen LogP contribution in [0.2, 0.25) is 0 Å². The van der Waals surface area contributed by atoms with E-state index in [0.29, 0.717) is 5.92 Å². The third kappa shape index (κ3) is 3.82. The molecule has 0 aromatic carbocycles. The average Bonchev–Trinajstić information content (AvgIpc) is 2.54. The van der Waals surface area contributed by atoms with Crippen LogP contribution in [0.3, 0.4) is 0 Å². The van der Waals surface area contributed by atoms with E-state index in [4.69, 9.17) is 5.84 Å². The molecule has 2 unspecified atom stereocenters. The summed E-state index contributed by atoms with van der Waals surface area (Å²) in [5, 5.41) is 0. The van der Waals surface area contributed by atoms with Crippen LogP contribution in [0.4, 0.5) is 0 Å². The highest BCUT2D eigenvalue weighted by Crippen LogP contribution is 2.37. The molecule has 1 heterocycles. The standard InChI is InChI=1S/C10H16Br2N2S/c1-3-6(2)4-8(14-13)7-5-9(11)15-10(7)12/h5-6,8,14H,3-4,13H2,1-2H3. The summed E-state index contributed by atoms with van der Waals surface area (Å²) in [4.78, 5) is 0. The highest BCUT2D eigenvalue weighted by Gasteiger charge is 2.17. The van der Waals surface area contributed by atoms with Crippen LogP contribution in [0, 0.1) is 5.92 Å². The molecule has 0 fully saturated rings. The Morgan fingerprint density at radius 3 is 2.60 bits per heavy atom. The highest BCUT2D eigenvalue weighted by molar-refractivity contribution is 9.12. The lowest BCUT2D eigenvalue weighted by atomic mass is 9.96. The second-order valence-corrected chi connectivity index (χ2v) is 7.50. The SMILES string of the molecule is CCC(C)CC(NN)c1cc(Br)sc1Br. The summed E-state index contributed by atoms with van der Waals surface area (Å²) in [5.41, 5.74) is 4.14. The highest BCUT2D eigenvalue weighted by atomic mass is 79.9. The molecule has 0 aliphatic carbocycles. The third-order valence-electron chi connectivity index (χ3n) is 2.59. The minimum absolute atomic E-state index is 0.233. The van der Waals surface area contributed by atoms with Gasteiger partial charge in [-0.2, -0.15) is 0 Å². The van der Waals surface area contributed by atoms with Crippen molar-refractivity contribution in [1.82, 2.24) is 5.43 Å². The van der Waals surface area contributed by atoms with Crippen molar-refractivity contribution in [2.75, 3.05) is 0 Å². The molecule has 0 aliphatic heterocycles. The maximum absolute atomic E-state index is 5.60. The molecule has 0 bridgehead atoms. The summed E-state index contributed by atoms with van der Waals surface area (Å²) >= 11 is 8.73. The number of thiophene rings is 1. The Morgan fingerprint density at radius 1 is 1.53 bits per heavy atom. The van der Waals surface area contributed by atoms with Crippen LogP contribution in [0.1, 0.15) is 38.3 Å². The van der Waals surface area contributed by atoms with Crippen LogP contribution in [-0.2, 0) is 0 Å². The number of nitrogens with two attached hydrogens (primary N) is 1. The summed E-state index contributed by atoms with van der Waals surface area (Å²) in [6.45, 7) is 4.45. The Kier molecular flexibility index (Phi) is 5.77. The van der Waals surface area contributed by atoms with Gasteiger partial charge in [-0.25, -0.2) is 0 Å². The fraction of sp³-hybridized carbons (Fsp3) is 0.600. The van der Waals surface area contributed by atoms with Gasteiger partial charge in [-0.3, -0.25) is 11.3 Å². The first-order valence-electron chi connectivity index (χ1n) is 4.99. The molecule has 2 atom stereocenters. The second kappa shape index (κ2) is 6.35. The fourth-order valence-electron chi connectivity index (χ4n) is 1.44. The number of halogens is 2. The molecule has 15 heavy (non-hydrogen) atoms. The van der Waals surface area contributed by atoms with E-state index in [2.05, 4.69) is 57.2 Å². The number of rotatable bonds is 5. The van der Waals surface area contributed by atoms with E-state index in [1.165, 1.54) is 12.0 Å². The molecule has 0 saturated carbocycles. The van der Waals surface area contributed by atoms with Crippen LogP contribution in [0.25, 0.3) is 0 Å². The Morgan fingerprint density at radius 2 is 2.20 bits per heavy atom. The molecule has 5 heteroatoms. The lowest BCUT2D eigenvalue weighted by Crippen LogP contribution is -2.29. The Bertz CT molecular complexity index is 314. The summed E-state index contributed by atoms with van der Waals surface area (Å²) in [6.07, 6.45) is 2.25. The largest absolute Gasteiger partial charge is 0.271 e. The third-order valence-corrected chi connectivity index (χ3v) is 4.98. The zero-order chi connectivity index (χ0) is 11.4. The first-order valence-corrected chi connectivity index (χ1v) is 7.39. The zero-order valence-corrected chi connectivity index (χ0v) is 12.9. The number of hydrogen-bond donors (Lipinski definition) is 2. The molecule has 0 saturated heterocycles. The molecule has 1 aromatic heterocycles. The molecule has 0 spiro atoms. The van der Waals surface area contributed by atoms with E-state index in [1.54, 1.807) is 11.3 Å². The van der Waals surface area contributed by atoms with Gasteiger partial charge in [0.15, 0.2) is 0 Å². The maximum atomic E-state index is 5.60. The van der Waals surface area contributed by atoms with Crippen molar-refractivity contribution in [3.63, 3.8) is 0 Å². The van der Waals surface area contributed by atoms with E-state index >= 15 is 0 Å². The molecule has 3 N–H and O–H groups in total. The topological polar surface area (TPSA) is 38.0 Å². The molecule has 0 aliphatic rings. The van der Waals surface area contributed by atoms with Gasteiger partial charge < -0.3 is 0 Å². The maximum Gasteiger partial charge on any atom is 0.0758 e. The van der Waals surface area contributed by atoms with Crippen LogP contribution in [0.15, 0.2) is 13.6 Å². The van der Waals surface area contributed by atoms with Crippen LogP contribution >= 0.6 is 43.2 Å². The molecule has 0 amide bonds. The minimum Gasteiger partial charge on any atom is -0.271 e. The molecule has 1 aromatic rings. The number of nitrogens with one attached hydrogen (secondary N) is 1. The fourth-order valence-corrected chi connectivity index (χ4v) is 4.42. The van der Waals surface area contributed by atoms with Crippen LogP contribution in [-0.4, -0.2) is 0 Å². The Labute approximate surface area is 112 Å². The Hall–Kier alpha value is 0.580. The second-order valence-electron chi connectivity index (χ2n) is 3.75. The zero-order valence-electron chi connectivity index (χ0n) is 8.89. The minimum atomic E-state index is 0.233. The van der Waals surface area contributed by atoms with Gasteiger partial charge in [0.1, 0.15) is 0 Å². The van der Waals surface area contributed by atoms with Crippen molar-refractivity contribution in [1.29, 1.82) is 0 Å². The van der Waals surface area contributed by atoms with Crippen molar-refractivity contribution in [3.05, 3.63) is 19.2 Å². The molecular weight excluding hydrogens is 340 g/mol. The lowest BCUT2D eigenvalue weighted by molar-refractivity contribution is 0.407. The van der Waals surface area contributed by atoms with Crippen molar-refractivity contribution in [2.24, 2.45) is 11.8 Å². The summed E-state index contributed by atoms with van der Waals surface area (Å²) in [5.74, 6) is 6.28. The van der Waals surface area contributed by atoms with E-state index < -0.39 is 0 Å². The molecule has 2 nitrogen and oxygen atoms in total. The van der Waals surface area contributed by atoms with Crippen molar-refractivity contribution in [2.45, 2.75) is 32.7 Å². The first kappa shape index (κ1) is 13.6. The van der Waals surface area contributed by atoms with Gasteiger partial charge in [0.05, 0.1) is 7.57 Å². The van der Waals surface area contributed by atoms with Crippen molar-refractivity contribution >= 4 is 43.2 Å². The van der Waals surface area contributed by atoms with Crippen molar-refractivity contribution in [3.8, 4) is 0 Å². The van der Waals surface area contributed by atoms with Gasteiger partial charge in [0.25, 0.3) is 0 Å². The van der Waals surface area contributed by atoms with Crippen LogP contribution in [0.5, 0.6) is 0 Å². The van der Waals surface area contributed by atoms with Gasteiger partial charge in [-0.1, -0.05) is 20.3 Å². The molecular formula is C10H16Br2N2S. The molecule has 0 radical (unpaired) electrons. The van der Waals surface area contributed by atoms with Gasteiger partial charge >= 0.3 is 0 Å². The summed E-state index contributed by atoms with van der Waals surface area (Å²) < 4.78 is 2.29.